The molecule has 1 heterocycles. The third-order valence-electron chi connectivity index (χ3n) is 3.17. The van der Waals surface area contributed by atoms with Gasteiger partial charge in [-0.15, -0.1) is 0 Å². The van der Waals surface area contributed by atoms with Gasteiger partial charge in [0.15, 0.2) is 0 Å². The molecule has 0 spiro atoms. The molecule has 0 saturated carbocycles. The van der Waals surface area contributed by atoms with Gasteiger partial charge in [0, 0.05) is 6.54 Å². The summed E-state index contributed by atoms with van der Waals surface area (Å²) in [4.78, 5) is 0. The molecule has 4 nitrogen and oxygen atoms in total. The molecule has 2 atom stereocenters. The Hall–Kier alpha value is -0.980. The van der Waals surface area contributed by atoms with Crippen LogP contribution in [0.2, 0.25) is 0 Å². The minimum Gasteiger partial charge on any atom is -0.216 e. The van der Waals surface area contributed by atoms with Gasteiger partial charge in [0.2, 0.25) is 0 Å². The lowest BCUT2D eigenvalue weighted by Crippen LogP contribution is -2.37. The minimum absolute atomic E-state index is 0.134. The third kappa shape index (κ3) is 2.48. The van der Waals surface area contributed by atoms with Gasteiger partial charge in [-0.2, -0.15) is 12.7 Å². The van der Waals surface area contributed by atoms with Crippen molar-refractivity contribution >= 4 is 10.2 Å². The second-order valence-electron chi connectivity index (χ2n) is 4.42. The van der Waals surface area contributed by atoms with E-state index >= 15 is 0 Å². The van der Waals surface area contributed by atoms with E-state index in [1.54, 1.807) is 12.1 Å². The van der Waals surface area contributed by atoms with Crippen molar-refractivity contribution in [2.45, 2.75) is 19.4 Å². The molecule has 0 bridgehead atoms. The van der Waals surface area contributed by atoms with Crippen LogP contribution < -0.4 is 5.14 Å². The van der Waals surface area contributed by atoms with Crippen LogP contribution in [0.3, 0.4) is 0 Å². The van der Waals surface area contributed by atoms with Crippen molar-refractivity contribution in [1.82, 2.24) is 4.31 Å². The topological polar surface area (TPSA) is 63.4 Å². The lowest BCUT2D eigenvalue weighted by Gasteiger charge is -2.24. The summed E-state index contributed by atoms with van der Waals surface area (Å²) < 4.78 is 37.3. The minimum atomic E-state index is -3.73. The number of benzene rings is 1. The number of nitrogens with zero attached hydrogens (tertiary/aromatic N) is 1. The van der Waals surface area contributed by atoms with Crippen molar-refractivity contribution in [3.8, 4) is 0 Å². The van der Waals surface area contributed by atoms with Crippen molar-refractivity contribution in [3.05, 3.63) is 35.6 Å². The highest BCUT2D eigenvalue weighted by molar-refractivity contribution is 7.86. The molecule has 0 aromatic heterocycles. The molecule has 1 aliphatic heterocycles. The second-order valence-corrected chi connectivity index (χ2v) is 5.92. The maximum atomic E-state index is 13.2. The average Bonchev–Trinajstić information content (AvgIpc) is 2.59. The van der Waals surface area contributed by atoms with E-state index in [1.165, 1.54) is 16.4 Å². The summed E-state index contributed by atoms with van der Waals surface area (Å²) in [5, 5.41) is 5.17. The highest BCUT2D eigenvalue weighted by Crippen LogP contribution is 2.38. The zero-order valence-electron chi connectivity index (χ0n) is 9.51. The zero-order chi connectivity index (χ0) is 12.6. The van der Waals surface area contributed by atoms with Crippen LogP contribution in [0, 0.1) is 11.7 Å². The smallest absolute Gasteiger partial charge is 0.216 e. The molecule has 1 aliphatic rings. The molecule has 1 aromatic rings. The average molecular weight is 258 g/mol. The van der Waals surface area contributed by atoms with Crippen LogP contribution in [0.1, 0.15) is 24.9 Å². The standard InChI is InChI=1S/C11H15FN2O2S/c1-8-5-6-14(17(13,15)16)11(8)9-3-2-4-10(12)7-9/h2-4,7-8,11H,5-6H2,1H3,(H2,13,15,16)/t8-,11+/m1/s1. The summed E-state index contributed by atoms with van der Waals surface area (Å²) in [5.41, 5.74) is 0.657. The van der Waals surface area contributed by atoms with Crippen LogP contribution in [0.5, 0.6) is 0 Å². The predicted octanol–water partition coefficient (Wildman–Crippen LogP) is 1.41. The quantitative estimate of drug-likeness (QED) is 0.871. The Bertz CT molecular complexity index is 518. The number of nitrogens with two attached hydrogens (primary N) is 1. The van der Waals surface area contributed by atoms with Gasteiger partial charge >= 0.3 is 0 Å². The van der Waals surface area contributed by atoms with Crippen LogP contribution in [-0.4, -0.2) is 19.3 Å². The van der Waals surface area contributed by atoms with Crippen LogP contribution in [-0.2, 0) is 10.2 Å². The zero-order valence-corrected chi connectivity index (χ0v) is 10.3. The maximum absolute atomic E-state index is 13.2. The molecular weight excluding hydrogens is 243 g/mol. The molecule has 6 heteroatoms. The highest BCUT2D eigenvalue weighted by Gasteiger charge is 2.38. The first-order valence-electron chi connectivity index (χ1n) is 5.44. The summed E-state index contributed by atoms with van der Waals surface area (Å²) in [7, 11) is -3.73. The number of hydrogen-bond donors (Lipinski definition) is 1. The van der Waals surface area contributed by atoms with E-state index in [1.807, 2.05) is 6.92 Å². The Kier molecular flexibility index (Phi) is 3.20. The van der Waals surface area contributed by atoms with Gasteiger partial charge in [0.05, 0.1) is 6.04 Å². The van der Waals surface area contributed by atoms with Crippen molar-refractivity contribution < 1.29 is 12.8 Å². The molecule has 17 heavy (non-hydrogen) atoms. The molecule has 2 rings (SSSR count). The first-order valence-corrected chi connectivity index (χ1v) is 6.95. The number of rotatable bonds is 2. The lowest BCUT2D eigenvalue weighted by molar-refractivity contribution is 0.356. The fourth-order valence-corrected chi connectivity index (χ4v) is 3.39. The predicted molar refractivity (Wildman–Crippen MR) is 62.7 cm³/mol. The van der Waals surface area contributed by atoms with Crippen LogP contribution in [0.4, 0.5) is 4.39 Å². The van der Waals surface area contributed by atoms with E-state index in [0.29, 0.717) is 12.1 Å². The fourth-order valence-electron chi connectivity index (χ4n) is 2.38. The number of halogens is 1. The molecule has 2 N–H and O–H groups in total. The fraction of sp³-hybridized carbons (Fsp3) is 0.455. The Balaban J connectivity index is 2.41. The maximum Gasteiger partial charge on any atom is 0.277 e. The van der Waals surface area contributed by atoms with Gasteiger partial charge in [-0.05, 0) is 30.0 Å². The van der Waals surface area contributed by atoms with Crippen LogP contribution in [0.15, 0.2) is 24.3 Å². The van der Waals surface area contributed by atoms with Crippen molar-refractivity contribution in [2.24, 2.45) is 11.1 Å². The van der Waals surface area contributed by atoms with E-state index < -0.39 is 10.2 Å². The van der Waals surface area contributed by atoms with Gasteiger partial charge in [-0.1, -0.05) is 19.1 Å². The van der Waals surface area contributed by atoms with Gasteiger partial charge in [0.25, 0.3) is 10.2 Å². The third-order valence-corrected chi connectivity index (χ3v) is 4.23. The normalized spacial score (nSPS) is 26.3. The Morgan fingerprint density at radius 3 is 2.76 bits per heavy atom. The molecule has 0 radical (unpaired) electrons. The van der Waals surface area contributed by atoms with E-state index in [0.717, 1.165) is 6.42 Å². The second kappa shape index (κ2) is 4.36. The van der Waals surface area contributed by atoms with E-state index in [2.05, 4.69) is 0 Å². The van der Waals surface area contributed by atoms with Crippen molar-refractivity contribution in [2.75, 3.05) is 6.54 Å². The Morgan fingerprint density at radius 1 is 1.47 bits per heavy atom. The Morgan fingerprint density at radius 2 is 2.18 bits per heavy atom. The summed E-state index contributed by atoms with van der Waals surface area (Å²) in [6, 6.07) is 5.65. The van der Waals surface area contributed by atoms with Gasteiger partial charge in [-0.25, -0.2) is 9.53 Å². The van der Waals surface area contributed by atoms with E-state index in [4.69, 9.17) is 5.14 Å². The summed E-state index contributed by atoms with van der Waals surface area (Å²) in [5.74, 6) is -0.230. The van der Waals surface area contributed by atoms with Crippen molar-refractivity contribution in [1.29, 1.82) is 0 Å². The van der Waals surface area contributed by atoms with E-state index in [-0.39, 0.29) is 17.8 Å². The summed E-state index contributed by atoms with van der Waals surface area (Å²) in [6.07, 6.45) is 0.734. The van der Waals surface area contributed by atoms with Gasteiger partial charge < -0.3 is 0 Å². The Labute approximate surface area is 100 Å². The molecule has 1 aromatic carbocycles. The summed E-state index contributed by atoms with van der Waals surface area (Å²) >= 11 is 0. The van der Waals surface area contributed by atoms with Crippen LogP contribution in [0.25, 0.3) is 0 Å². The van der Waals surface area contributed by atoms with Crippen molar-refractivity contribution in [3.63, 3.8) is 0 Å². The molecule has 0 aliphatic carbocycles. The molecular formula is C11H15FN2O2S. The molecule has 1 saturated heterocycles. The lowest BCUT2D eigenvalue weighted by atomic mass is 9.96. The van der Waals surface area contributed by atoms with Crippen LogP contribution >= 0.6 is 0 Å². The molecule has 0 unspecified atom stereocenters. The van der Waals surface area contributed by atoms with E-state index in [9.17, 15) is 12.8 Å². The highest BCUT2D eigenvalue weighted by atomic mass is 32.2. The molecule has 94 valence electrons. The van der Waals surface area contributed by atoms with Gasteiger partial charge in [-0.3, -0.25) is 0 Å². The summed E-state index contributed by atoms with van der Waals surface area (Å²) in [6.45, 7) is 2.34. The first kappa shape index (κ1) is 12.5. The molecule has 0 amide bonds. The largest absolute Gasteiger partial charge is 0.277 e. The first-order chi connectivity index (χ1) is 7.89. The number of hydrogen-bond acceptors (Lipinski definition) is 2. The SMILES string of the molecule is C[C@@H]1CCN(S(N)(=O)=O)[C@@H]1c1cccc(F)c1. The van der Waals surface area contributed by atoms with Gasteiger partial charge in [0.1, 0.15) is 5.82 Å². The monoisotopic (exact) mass is 258 g/mol. The molecule has 1 fully saturated rings.